The van der Waals surface area contributed by atoms with E-state index in [1.54, 1.807) is 0 Å². The Labute approximate surface area is 46.3 Å². The summed E-state index contributed by atoms with van der Waals surface area (Å²) in [5.41, 5.74) is 4.46. The molecule has 48 valence electrons. The number of carbonyl (C=O) groups excluding carboxylic acids is 1. The minimum absolute atomic E-state index is 1.12. The van der Waals surface area contributed by atoms with Gasteiger partial charge in [-0.15, -0.1) is 0 Å². The molecule has 0 saturated heterocycles. The molecule has 4 heteroatoms. The van der Waals surface area contributed by atoms with Crippen molar-refractivity contribution in [2.45, 2.75) is 19.2 Å². The molecule has 8 heavy (non-hydrogen) atoms. The maximum Gasteiger partial charge on any atom is 0.254 e. The summed E-state index contributed by atoms with van der Waals surface area (Å²) in [4.78, 5) is 9.83. The molecule has 2 unspecified atom stereocenters. The van der Waals surface area contributed by atoms with Crippen molar-refractivity contribution in [3.8, 4) is 0 Å². The second kappa shape index (κ2) is 2.61. The fraction of sp³-hybridized carbons (Fsp3) is 0.750. The van der Waals surface area contributed by atoms with E-state index in [2.05, 4.69) is 5.73 Å². The van der Waals surface area contributed by atoms with Gasteiger partial charge >= 0.3 is 0 Å². The van der Waals surface area contributed by atoms with E-state index in [1.807, 2.05) is 0 Å². The molecule has 3 N–H and O–H groups in total. The average Bonchev–Trinajstić information content (AvgIpc) is 1.64. The molecule has 0 aromatic rings. The molecule has 0 saturated carbocycles. The van der Waals surface area contributed by atoms with Crippen LogP contribution in [0.25, 0.3) is 0 Å². The summed E-state index contributed by atoms with van der Waals surface area (Å²) in [7, 11) is 0. The fourth-order valence-electron chi connectivity index (χ4n) is 0.238. The number of rotatable bonds is 2. The quantitative estimate of drug-likeness (QED) is 0.502. The lowest BCUT2D eigenvalue weighted by molar-refractivity contribution is -0.126. The largest absolute Gasteiger partial charge is 0.390 e. The van der Waals surface area contributed by atoms with Gasteiger partial charge in [0.15, 0.2) is 0 Å². The number of amides is 1. The van der Waals surface area contributed by atoms with E-state index in [0.29, 0.717) is 0 Å². The second-order valence-corrected chi connectivity index (χ2v) is 1.54. The smallest absolute Gasteiger partial charge is 0.254 e. The van der Waals surface area contributed by atoms with Crippen LogP contribution in [0.3, 0.4) is 0 Å². The highest BCUT2D eigenvalue weighted by Crippen LogP contribution is 1.94. The molecule has 0 aromatic heterocycles. The van der Waals surface area contributed by atoms with Crippen LogP contribution in [-0.4, -0.2) is 23.3 Å². The first-order valence-electron chi connectivity index (χ1n) is 2.17. The molecule has 0 aliphatic rings. The summed E-state index contributed by atoms with van der Waals surface area (Å²) < 4.78 is 11.9. The molecule has 0 radical (unpaired) electrons. The van der Waals surface area contributed by atoms with Crippen LogP contribution in [-0.2, 0) is 4.79 Å². The topological polar surface area (TPSA) is 63.3 Å². The standard InChI is InChI=1S/C4H8FNO2/c1-2(7)3(5)4(6)8/h2-3,7H,1H3,(H2,6,8). The molecule has 0 aliphatic heterocycles. The summed E-state index contributed by atoms with van der Waals surface area (Å²) >= 11 is 0. The summed E-state index contributed by atoms with van der Waals surface area (Å²) in [6.07, 6.45) is -3.23. The molecule has 2 atom stereocenters. The third kappa shape index (κ3) is 1.88. The Kier molecular flexibility index (Phi) is 2.41. The van der Waals surface area contributed by atoms with Crippen molar-refractivity contribution in [3.05, 3.63) is 0 Å². The van der Waals surface area contributed by atoms with Gasteiger partial charge in [0.25, 0.3) is 5.91 Å². The van der Waals surface area contributed by atoms with Gasteiger partial charge in [0.1, 0.15) is 0 Å². The van der Waals surface area contributed by atoms with Gasteiger partial charge in [0.05, 0.1) is 6.10 Å². The first-order chi connectivity index (χ1) is 3.55. The summed E-state index contributed by atoms with van der Waals surface area (Å²) in [6, 6.07) is 0. The molecule has 0 spiro atoms. The third-order valence-electron chi connectivity index (χ3n) is 0.695. The summed E-state index contributed by atoms with van der Waals surface area (Å²) in [5, 5.41) is 8.32. The van der Waals surface area contributed by atoms with Gasteiger partial charge in [-0.25, -0.2) is 4.39 Å². The predicted molar refractivity (Wildman–Crippen MR) is 25.8 cm³/mol. The molecule has 0 aliphatic carbocycles. The van der Waals surface area contributed by atoms with Crippen molar-refractivity contribution < 1.29 is 14.3 Å². The maximum absolute atomic E-state index is 11.9. The Hall–Kier alpha value is -0.640. The van der Waals surface area contributed by atoms with Crippen LogP contribution in [0, 0.1) is 0 Å². The van der Waals surface area contributed by atoms with Gasteiger partial charge in [-0.05, 0) is 6.92 Å². The molecular weight excluding hydrogens is 113 g/mol. The number of hydrogen-bond donors (Lipinski definition) is 2. The Morgan fingerprint density at radius 3 is 2.25 bits per heavy atom. The normalized spacial score (nSPS) is 17.4. The van der Waals surface area contributed by atoms with Gasteiger partial charge in [0, 0.05) is 0 Å². The van der Waals surface area contributed by atoms with Crippen molar-refractivity contribution >= 4 is 5.91 Å². The SMILES string of the molecule is CC(O)C(F)C(N)=O. The van der Waals surface area contributed by atoms with Crippen LogP contribution in [0.5, 0.6) is 0 Å². The lowest BCUT2D eigenvalue weighted by Gasteiger charge is -2.04. The monoisotopic (exact) mass is 121 g/mol. The van der Waals surface area contributed by atoms with E-state index >= 15 is 0 Å². The Morgan fingerprint density at radius 2 is 2.25 bits per heavy atom. The number of carbonyl (C=O) groups is 1. The fourth-order valence-corrected chi connectivity index (χ4v) is 0.238. The third-order valence-corrected chi connectivity index (χ3v) is 0.695. The number of aliphatic hydroxyl groups excluding tert-OH is 1. The Balaban J connectivity index is 3.64. The van der Waals surface area contributed by atoms with E-state index in [0.717, 1.165) is 6.92 Å². The zero-order valence-corrected chi connectivity index (χ0v) is 4.47. The van der Waals surface area contributed by atoms with Crippen LogP contribution in [0.1, 0.15) is 6.92 Å². The van der Waals surface area contributed by atoms with E-state index in [-0.39, 0.29) is 0 Å². The molecule has 0 fully saturated rings. The van der Waals surface area contributed by atoms with Crippen LogP contribution in [0.15, 0.2) is 0 Å². The van der Waals surface area contributed by atoms with E-state index in [1.165, 1.54) is 0 Å². The maximum atomic E-state index is 11.9. The minimum atomic E-state index is -1.94. The zero-order chi connectivity index (χ0) is 6.73. The van der Waals surface area contributed by atoms with Gasteiger partial charge in [-0.3, -0.25) is 4.79 Å². The number of aliphatic hydroxyl groups is 1. The average molecular weight is 121 g/mol. The van der Waals surface area contributed by atoms with Crippen molar-refractivity contribution in [2.75, 3.05) is 0 Å². The first-order valence-corrected chi connectivity index (χ1v) is 2.17. The molecule has 3 nitrogen and oxygen atoms in total. The van der Waals surface area contributed by atoms with E-state index in [9.17, 15) is 9.18 Å². The van der Waals surface area contributed by atoms with Crippen molar-refractivity contribution in [3.63, 3.8) is 0 Å². The van der Waals surface area contributed by atoms with Crippen LogP contribution < -0.4 is 5.73 Å². The predicted octanol–water partition coefficient (Wildman–Crippen LogP) is -0.809. The molecule has 0 aromatic carbocycles. The van der Waals surface area contributed by atoms with Crippen LogP contribution >= 0.6 is 0 Å². The lowest BCUT2D eigenvalue weighted by Crippen LogP contribution is -2.33. The van der Waals surface area contributed by atoms with Crippen LogP contribution in [0.2, 0.25) is 0 Å². The first kappa shape index (κ1) is 7.36. The highest BCUT2D eigenvalue weighted by Gasteiger charge is 2.18. The van der Waals surface area contributed by atoms with Crippen molar-refractivity contribution in [1.29, 1.82) is 0 Å². The van der Waals surface area contributed by atoms with Crippen molar-refractivity contribution in [1.82, 2.24) is 0 Å². The van der Waals surface area contributed by atoms with Gasteiger partial charge < -0.3 is 10.8 Å². The molecule has 0 heterocycles. The van der Waals surface area contributed by atoms with Gasteiger partial charge in [-0.1, -0.05) is 0 Å². The Bertz CT molecular complexity index is 94.0. The lowest BCUT2D eigenvalue weighted by atomic mass is 10.2. The zero-order valence-electron chi connectivity index (χ0n) is 4.47. The van der Waals surface area contributed by atoms with Gasteiger partial charge in [0.2, 0.25) is 6.17 Å². The number of primary amides is 1. The van der Waals surface area contributed by atoms with Gasteiger partial charge in [-0.2, -0.15) is 0 Å². The highest BCUT2D eigenvalue weighted by atomic mass is 19.1. The Morgan fingerprint density at radius 1 is 1.88 bits per heavy atom. The van der Waals surface area contributed by atoms with E-state index < -0.39 is 18.2 Å². The summed E-state index contributed by atoms with van der Waals surface area (Å²) in [5.74, 6) is -1.12. The number of alkyl halides is 1. The summed E-state index contributed by atoms with van der Waals surface area (Å²) in [6.45, 7) is 1.16. The molecule has 1 amide bonds. The minimum Gasteiger partial charge on any atom is -0.390 e. The van der Waals surface area contributed by atoms with E-state index in [4.69, 9.17) is 5.11 Å². The van der Waals surface area contributed by atoms with Crippen molar-refractivity contribution in [2.24, 2.45) is 5.73 Å². The molecule has 0 bridgehead atoms. The number of halogens is 1. The molecular formula is C4H8FNO2. The highest BCUT2D eigenvalue weighted by molar-refractivity contribution is 5.79. The van der Waals surface area contributed by atoms with Crippen LogP contribution in [0.4, 0.5) is 4.39 Å². The molecule has 0 rings (SSSR count). The number of nitrogens with two attached hydrogens (primary N) is 1. The second-order valence-electron chi connectivity index (χ2n) is 1.54. The number of hydrogen-bond acceptors (Lipinski definition) is 2.